The van der Waals surface area contributed by atoms with Crippen LogP contribution in [-0.4, -0.2) is 18.8 Å². The van der Waals surface area contributed by atoms with Gasteiger partial charge in [-0.25, -0.2) is 4.99 Å². The predicted octanol–water partition coefficient (Wildman–Crippen LogP) is 2.77. The Hall–Kier alpha value is -1.36. The molecule has 4 nitrogen and oxygen atoms in total. The molecule has 1 unspecified atom stereocenters. The third-order valence-electron chi connectivity index (χ3n) is 2.86. The van der Waals surface area contributed by atoms with Gasteiger partial charge in [-0.1, -0.05) is 20.8 Å². The molecule has 94 valence electrons. The Balaban J connectivity index is 2.75. The standard InChI is InChI=1S/C12H20N4S/c1-8(2)9(3)11(13)15-12(14)16(4)10-6-5-7-17-10/h5-9H,1-4H3,(H3,13,14,15). The largest absolute Gasteiger partial charge is 0.387 e. The fraction of sp³-hybridized carbons (Fsp3) is 0.500. The van der Waals surface area contributed by atoms with Crippen molar-refractivity contribution in [1.29, 1.82) is 5.41 Å². The summed E-state index contributed by atoms with van der Waals surface area (Å²) in [6, 6.07) is 3.91. The maximum Gasteiger partial charge on any atom is 0.224 e. The van der Waals surface area contributed by atoms with Gasteiger partial charge in [0.25, 0.3) is 0 Å². The molecule has 1 aromatic heterocycles. The minimum atomic E-state index is 0.178. The molecule has 5 heteroatoms. The smallest absolute Gasteiger partial charge is 0.224 e. The number of anilines is 1. The van der Waals surface area contributed by atoms with E-state index >= 15 is 0 Å². The summed E-state index contributed by atoms with van der Waals surface area (Å²) in [5, 5.41) is 10.9. The number of aliphatic imine (C=N–C) groups is 1. The van der Waals surface area contributed by atoms with Crippen molar-refractivity contribution in [2.45, 2.75) is 20.8 Å². The van der Waals surface area contributed by atoms with Crippen molar-refractivity contribution in [3.8, 4) is 0 Å². The molecule has 0 aliphatic carbocycles. The highest BCUT2D eigenvalue weighted by Gasteiger charge is 2.14. The van der Waals surface area contributed by atoms with Gasteiger partial charge in [0.1, 0.15) is 5.84 Å². The highest BCUT2D eigenvalue weighted by Crippen LogP contribution is 2.20. The number of amidine groups is 1. The highest BCUT2D eigenvalue weighted by molar-refractivity contribution is 7.14. The van der Waals surface area contributed by atoms with Gasteiger partial charge in [0.2, 0.25) is 5.96 Å². The summed E-state index contributed by atoms with van der Waals surface area (Å²) in [7, 11) is 1.82. The van der Waals surface area contributed by atoms with Crippen LogP contribution in [0.25, 0.3) is 0 Å². The fourth-order valence-electron chi connectivity index (χ4n) is 1.21. The number of nitrogens with one attached hydrogen (secondary N) is 1. The Morgan fingerprint density at radius 1 is 1.47 bits per heavy atom. The van der Waals surface area contributed by atoms with Gasteiger partial charge in [-0.05, 0) is 23.4 Å². The van der Waals surface area contributed by atoms with Crippen LogP contribution in [0.15, 0.2) is 22.5 Å². The lowest BCUT2D eigenvalue weighted by molar-refractivity contribution is 0.529. The van der Waals surface area contributed by atoms with Crippen LogP contribution in [0.1, 0.15) is 20.8 Å². The van der Waals surface area contributed by atoms with Gasteiger partial charge in [0.05, 0.1) is 5.00 Å². The second-order valence-corrected chi connectivity index (χ2v) is 5.33. The fourth-order valence-corrected chi connectivity index (χ4v) is 1.90. The first-order chi connectivity index (χ1) is 7.93. The molecular formula is C12H20N4S. The van der Waals surface area contributed by atoms with Crippen molar-refractivity contribution in [3.63, 3.8) is 0 Å². The van der Waals surface area contributed by atoms with E-state index in [9.17, 15) is 0 Å². The molecule has 0 aliphatic rings. The number of hydrogen-bond donors (Lipinski definition) is 2. The summed E-state index contributed by atoms with van der Waals surface area (Å²) in [5.74, 6) is 1.32. The van der Waals surface area contributed by atoms with Gasteiger partial charge in [0.15, 0.2) is 0 Å². The number of thiophene rings is 1. The molecule has 0 saturated heterocycles. The van der Waals surface area contributed by atoms with Gasteiger partial charge in [-0.2, -0.15) is 0 Å². The molecule has 0 saturated carbocycles. The quantitative estimate of drug-likeness (QED) is 0.641. The average molecular weight is 252 g/mol. The number of hydrogen-bond acceptors (Lipinski definition) is 2. The maximum atomic E-state index is 7.90. The van der Waals surface area contributed by atoms with Gasteiger partial charge in [0, 0.05) is 13.0 Å². The monoisotopic (exact) mass is 252 g/mol. The Morgan fingerprint density at radius 2 is 2.12 bits per heavy atom. The summed E-state index contributed by atoms with van der Waals surface area (Å²) < 4.78 is 0. The van der Waals surface area contributed by atoms with Gasteiger partial charge in [-0.3, -0.25) is 5.41 Å². The molecule has 0 fully saturated rings. The topological polar surface area (TPSA) is 65.5 Å². The van der Waals surface area contributed by atoms with E-state index in [2.05, 4.69) is 18.8 Å². The summed E-state index contributed by atoms with van der Waals surface area (Å²) in [5.41, 5.74) is 5.90. The zero-order chi connectivity index (χ0) is 13.0. The minimum absolute atomic E-state index is 0.178. The van der Waals surface area contributed by atoms with Crippen LogP contribution in [-0.2, 0) is 0 Å². The Morgan fingerprint density at radius 3 is 2.59 bits per heavy atom. The van der Waals surface area contributed by atoms with E-state index < -0.39 is 0 Å². The number of nitrogens with zero attached hydrogens (tertiary/aromatic N) is 2. The lowest BCUT2D eigenvalue weighted by Crippen LogP contribution is -2.30. The van der Waals surface area contributed by atoms with Crippen molar-refractivity contribution < 1.29 is 0 Å². The summed E-state index contributed by atoms with van der Waals surface area (Å²) in [6.45, 7) is 6.22. The Labute approximate surface area is 107 Å². The van der Waals surface area contributed by atoms with Crippen molar-refractivity contribution in [2.24, 2.45) is 22.6 Å². The SMILES string of the molecule is CC(C)C(C)C(N)=NC(=N)N(C)c1cccs1. The predicted molar refractivity (Wildman–Crippen MR) is 76.1 cm³/mol. The molecule has 0 bridgehead atoms. The zero-order valence-electron chi connectivity index (χ0n) is 10.8. The molecule has 1 aromatic rings. The van der Waals surface area contributed by atoms with Crippen molar-refractivity contribution in [1.82, 2.24) is 0 Å². The van der Waals surface area contributed by atoms with Gasteiger partial charge in [-0.15, -0.1) is 11.3 Å². The molecule has 1 atom stereocenters. The molecule has 3 N–H and O–H groups in total. The van der Waals surface area contributed by atoms with E-state index in [1.807, 2.05) is 31.5 Å². The van der Waals surface area contributed by atoms with E-state index in [0.717, 1.165) is 5.00 Å². The summed E-state index contributed by atoms with van der Waals surface area (Å²) in [4.78, 5) is 5.89. The number of rotatable bonds is 3. The van der Waals surface area contributed by atoms with Crippen LogP contribution in [0.5, 0.6) is 0 Å². The maximum absolute atomic E-state index is 7.90. The zero-order valence-corrected chi connectivity index (χ0v) is 11.6. The van der Waals surface area contributed by atoms with E-state index in [-0.39, 0.29) is 11.9 Å². The van der Waals surface area contributed by atoms with Crippen LogP contribution in [0, 0.1) is 17.2 Å². The molecule has 0 radical (unpaired) electrons. The highest BCUT2D eigenvalue weighted by atomic mass is 32.1. The van der Waals surface area contributed by atoms with Crippen LogP contribution >= 0.6 is 11.3 Å². The Bertz CT molecular complexity index is 395. The van der Waals surface area contributed by atoms with Crippen LogP contribution in [0.4, 0.5) is 5.00 Å². The van der Waals surface area contributed by atoms with Crippen LogP contribution in [0.2, 0.25) is 0 Å². The van der Waals surface area contributed by atoms with E-state index in [4.69, 9.17) is 11.1 Å². The third-order valence-corrected chi connectivity index (χ3v) is 3.80. The Kier molecular flexibility index (Phi) is 4.69. The molecule has 17 heavy (non-hydrogen) atoms. The van der Waals surface area contributed by atoms with Crippen LogP contribution in [0.3, 0.4) is 0 Å². The first-order valence-electron chi connectivity index (χ1n) is 5.63. The lowest BCUT2D eigenvalue weighted by Gasteiger charge is -2.18. The number of nitrogens with two attached hydrogens (primary N) is 1. The number of guanidine groups is 1. The first kappa shape index (κ1) is 13.7. The average Bonchev–Trinajstić information content (AvgIpc) is 2.79. The molecule has 0 aliphatic heterocycles. The molecule has 0 spiro atoms. The van der Waals surface area contributed by atoms with Crippen molar-refractivity contribution >= 4 is 28.1 Å². The summed E-state index contributed by atoms with van der Waals surface area (Å²) in [6.07, 6.45) is 0. The second-order valence-electron chi connectivity index (χ2n) is 4.40. The summed E-state index contributed by atoms with van der Waals surface area (Å²) >= 11 is 1.58. The molecule has 0 aromatic carbocycles. The van der Waals surface area contributed by atoms with Crippen LogP contribution < -0.4 is 10.6 Å². The molecular weight excluding hydrogens is 232 g/mol. The molecule has 1 rings (SSSR count). The molecule has 1 heterocycles. The lowest BCUT2D eigenvalue weighted by atomic mass is 9.97. The van der Waals surface area contributed by atoms with Crippen molar-refractivity contribution in [3.05, 3.63) is 17.5 Å². The van der Waals surface area contributed by atoms with Crippen molar-refractivity contribution in [2.75, 3.05) is 11.9 Å². The van der Waals surface area contributed by atoms with E-state index in [0.29, 0.717) is 11.8 Å². The minimum Gasteiger partial charge on any atom is -0.387 e. The molecule has 0 amide bonds. The second kappa shape index (κ2) is 5.82. The first-order valence-corrected chi connectivity index (χ1v) is 6.51. The van der Waals surface area contributed by atoms with Gasteiger partial charge >= 0.3 is 0 Å². The van der Waals surface area contributed by atoms with E-state index in [1.54, 1.807) is 16.2 Å². The normalized spacial score (nSPS) is 13.8. The van der Waals surface area contributed by atoms with Gasteiger partial charge < -0.3 is 10.6 Å². The van der Waals surface area contributed by atoms with E-state index in [1.165, 1.54) is 0 Å². The third kappa shape index (κ3) is 3.56.